The first-order valence-corrected chi connectivity index (χ1v) is 8.19. The highest BCUT2D eigenvalue weighted by Gasteiger charge is 2.26. The van der Waals surface area contributed by atoms with Crippen LogP contribution in [0.2, 0.25) is 0 Å². The molecule has 2 rings (SSSR count). The average Bonchev–Trinajstić information content (AvgIpc) is 2.53. The molecule has 0 saturated heterocycles. The first kappa shape index (κ1) is 15.5. The van der Waals surface area contributed by atoms with Crippen LogP contribution in [0.15, 0.2) is 53.7 Å². The van der Waals surface area contributed by atoms with Crippen LogP contribution in [0.5, 0.6) is 0 Å². The summed E-state index contributed by atoms with van der Waals surface area (Å²) in [6.07, 6.45) is 2.95. The maximum atomic E-state index is 12.8. The van der Waals surface area contributed by atoms with E-state index in [0.717, 1.165) is 5.56 Å². The molecule has 0 fully saturated rings. The molecule has 0 aliphatic carbocycles. The second kappa shape index (κ2) is 6.69. The molecule has 5 nitrogen and oxygen atoms in total. The number of hydrogen-bond acceptors (Lipinski definition) is 4. The van der Waals surface area contributed by atoms with Crippen LogP contribution in [-0.2, 0) is 16.6 Å². The van der Waals surface area contributed by atoms with Crippen LogP contribution in [0.1, 0.15) is 12.5 Å². The Kier molecular flexibility index (Phi) is 4.93. The van der Waals surface area contributed by atoms with Crippen LogP contribution >= 0.6 is 0 Å². The molecule has 1 aromatic heterocycles. The Bertz CT molecular complexity index is 687. The Balaban J connectivity index is 2.36. The van der Waals surface area contributed by atoms with Crippen molar-refractivity contribution in [1.29, 1.82) is 0 Å². The second-order valence-electron chi connectivity index (χ2n) is 4.54. The van der Waals surface area contributed by atoms with Crippen molar-refractivity contribution in [1.82, 2.24) is 9.29 Å². The SMILES string of the molecule is CCN(Cc1ccccc1)S(=O)(=O)c1cnccc1NC. The van der Waals surface area contributed by atoms with E-state index in [4.69, 9.17) is 0 Å². The quantitative estimate of drug-likeness (QED) is 0.890. The molecule has 0 spiro atoms. The Labute approximate surface area is 125 Å². The van der Waals surface area contributed by atoms with Crippen LogP contribution in [0.25, 0.3) is 0 Å². The minimum Gasteiger partial charge on any atom is -0.387 e. The molecule has 0 amide bonds. The molecule has 0 aliphatic heterocycles. The number of nitrogens with zero attached hydrogens (tertiary/aromatic N) is 2. The highest BCUT2D eigenvalue weighted by Crippen LogP contribution is 2.24. The molecule has 1 heterocycles. The number of hydrogen-bond donors (Lipinski definition) is 1. The van der Waals surface area contributed by atoms with Crippen LogP contribution in [0.4, 0.5) is 5.69 Å². The predicted molar refractivity (Wildman–Crippen MR) is 83.5 cm³/mol. The molecule has 6 heteroatoms. The molecular formula is C15H19N3O2S. The molecule has 0 bridgehead atoms. The number of benzene rings is 1. The summed E-state index contributed by atoms with van der Waals surface area (Å²) in [5, 5.41) is 2.90. The van der Waals surface area contributed by atoms with E-state index in [-0.39, 0.29) is 4.90 Å². The minimum absolute atomic E-state index is 0.199. The van der Waals surface area contributed by atoms with Crippen molar-refractivity contribution in [2.24, 2.45) is 0 Å². The van der Waals surface area contributed by atoms with Gasteiger partial charge in [-0.05, 0) is 11.6 Å². The summed E-state index contributed by atoms with van der Waals surface area (Å²) in [6.45, 7) is 2.57. The largest absolute Gasteiger partial charge is 0.387 e. The molecule has 21 heavy (non-hydrogen) atoms. The number of nitrogens with one attached hydrogen (secondary N) is 1. The molecule has 0 unspecified atom stereocenters. The van der Waals surface area contributed by atoms with E-state index in [0.29, 0.717) is 18.8 Å². The number of anilines is 1. The van der Waals surface area contributed by atoms with E-state index in [9.17, 15) is 8.42 Å². The van der Waals surface area contributed by atoms with E-state index < -0.39 is 10.0 Å². The second-order valence-corrected chi connectivity index (χ2v) is 6.45. The van der Waals surface area contributed by atoms with Gasteiger partial charge in [0.25, 0.3) is 0 Å². The lowest BCUT2D eigenvalue weighted by molar-refractivity contribution is 0.423. The van der Waals surface area contributed by atoms with Crippen molar-refractivity contribution in [2.45, 2.75) is 18.4 Å². The highest BCUT2D eigenvalue weighted by molar-refractivity contribution is 7.89. The first-order valence-electron chi connectivity index (χ1n) is 6.75. The van der Waals surface area contributed by atoms with Gasteiger partial charge in [0.2, 0.25) is 10.0 Å². The Morgan fingerprint density at radius 3 is 2.52 bits per heavy atom. The Hall–Kier alpha value is -1.92. The van der Waals surface area contributed by atoms with E-state index in [1.54, 1.807) is 19.3 Å². The average molecular weight is 305 g/mol. The van der Waals surface area contributed by atoms with Crippen LogP contribution in [0.3, 0.4) is 0 Å². The van der Waals surface area contributed by atoms with Gasteiger partial charge in [-0.1, -0.05) is 37.3 Å². The van der Waals surface area contributed by atoms with Gasteiger partial charge in [0.1, 0.15) is 4.90 Å². The lowest BCUT2D eigenvalue weighted by atomic mass is 10.2. The molecule has 0 radical (unpaired) electrons. The summed E-state index contributed by atoms with van der Waals surface area (Å²) >= 11 is 0. The number of sulfonamides is 1. The van der Waals surface area contributed by atoms with Gasteiger partial charge in [-0.2, -0.15) is 4.31 Å². The third kappa shape index (κ3) is 3.40. The Morgan fingerprint density at radius 2 is 1.90 bits per heavy atom. The highest BCUT2D eigenvalue weighted by atomic mass is 32.2. The van der Waals surface area contributed by atoms with E-state index in [1.165, 1.54) is 10.5 Å². The maximum Gasteiger partial charge on any atom is 0.246 e. The van der Waals surface area contributed by atoms with Gasteiger partial charge in [-0.3, -0.25) is 4.98 Å². The molecule has 1 N–H and O–H groups in total. The summed E-state index contributed by atoms with van der Waals surface area (Å²) < 4.78 is 27.0. The van der Waals surface area contributed by atoms with Crippen LogP contribution in [0, 0.1) is 0 Å². The third-order valence-electron chi connectivity index (χ3n) is 3.23. The first-order chi connectivity index (χ1) is 10.1. The molecule has 1 aromatic carbocycles. The zero-order valence-electron chi connectivity index (χ0n) is 12.2. The van der Waals surface area contributed by atoms with E-state index in [2.05, 4.69) is 10.3 Å². The van der Waals surface area contributed by atoms with Crippen molar-refractivity contribution in [3.63, 3.8) is 0 Å². The van der Waals surface area contributed by atoms with Crippen LogP contribution < -0.4 is 5.32 Å². The van der Waals surface area contributed by atoms with Gasteiger partial charge < -0.3 is 5.32 Å². The van der Waals surface area contributed by atoms with Gasteiger partial charge >= 0.3 is 0 Å². The van der Waals surface area contributed by atoms with Crippen LogP contribution in [-0.4, -0.2) is 31.3 Å². The molecule has 0 aliphatic rings. The number of pyridine rings is 1. The zero-order valence-corrected chi connectivity index (χ0v) is 13.0. The Morgan fingerprint density at radius 1 is 1.19 bits per heavy atom. The maximum absolute atomic E-state index is 12.8. The number of rotatable bonds is 6. The van der Waals surface area contributed by atoms with Crippen molar-refractivity contribution in [3.8, 4) is 0 Å². The van der Waals surface area contributed by atoms with E-state index >= 15 is 0 Å². The fourth-order valence-corrected chi connectivity index (χ4v) is 3.66. The summed E-state index contributed by atoms with van der Waals surface area (Å²) in [4.78, 5) is 4.14. The van der Waals surface area contributed by atoms with E-state index in [1.807, 2.05) is 37.3 Å². The van der Waals surface area contributed by atoms with Gasteiger partial charge in [0.15, 0.2) is 0 Å². The van der Waals surface area contributed by atoms with Crippen molar-refractivity contribution in [2.75, 3.05) is 18.9 Å². The molecule has 112 valence electrons. The molecular weight excluding hydrogens is 286 g/mol. The van der Waals surface area contributed by atoms with Crippen molar-refractivity contribution >= 4 is 15.7 Å². The number of aromatic nitrogens is 1. The summed E-state index contributed by atoms with van der Waals surface area (Å²) in [5.41, 5.74) is 1.51. The summed E-state index contributed by atoms with van der Waals surface area (Å²) in [5.74, 6) is 0. The topological polar surface area (TPSA) is 62.3 Å². The minimum atomic E-state index is -3.58. The lowest BCUT2D eigenvalue weighted by Crippen LogP contribution is -2.31. The molecule has 0 saturated carbocycles. The van der Waals surface area contributed by atoms with Crippen molar-refractivity contribution in [3.05, 3.63) is 54.4 Å². The standard InChI is InChI=1S/C15H19N3O2S/c1-3-18(12-13-7-5-4-6-8-13)21(19,20)15-11-17-10-9-14(15)16-2/h4-11H,3,12H2,1-2H3,(H,16,17). The van der Waals surface area contributed by atoms with Gasteiger partial charge in [0, 0.05) is 32.5 Å². The summed E-state index contributed by atoms with van der Waals surface area (Å²) in [6, 6.07) is 11.2. The normalized spacial score (nSPS) is 11.6. The van der Waals surface area contributed by atoms with Gasteiger partial charge in [0.05, 0.1) is 5.69 Å². The fourth-order valence-electron chi connectivity index (χ4n) is 2.08. The third-order valence-corrected chi connectivity index (χ3v) is 5.17. The van der Waals surface area contributed by atoms with Gasteiger partial charge in [-0.25, -0.2) is 8.42 Å². The smallest absolute Gasteiger partial charge is 0.246 e. The lowest BCUT2D eigenvalue weighted by Gasteiger charge is -2.21. The van der Waals surface area contributed by atoms with Gasteiger partial charge in [-0.15, -0.1) is 0 Å². The molecule has 2 aromatic rings. The summed E-state index contributed by atoms with van der Waals surface area (Å²) in [7, 11) is -1.89. The zero-order chi connectivity index (χ0) is 15.3. The fraction of sp³-hybridized carbons (Fsp3) is 0.267. The predicted octanol–water partition coefficient (Wildman–Crippen LogP) is 2.33. The van der Waals surface area contributed by atoms with Crippen molar-refractivity contribution < 1.29 is 8.42 Å². The monoisotopic (exact) mass is 305 g/mol. The molecule has 0 atom stereocenters.